The van der Waals surface area contributed by atoms with Crippen molar-refractivity contribution < 1.29 is 0 Å². The van der Waals surface area contributed by atoms with Crippen molar-refractivity contribution in [3.63, 3.8) is 0 Å². The molecule has 1 heteroatoms. The van der Waals surface area contributed by atoms with Gasteiger partial charge in [0.1, 0.15) is 0 Å². The Labute approximate surface area is 81.8 Å². The van der Waals surface area contributed by atoms with Crippen LogP contribution in [0.15, 0.2) is 12.2 Å². The standard InChI is InChI=1S/C12H21N/c1-9(2)7-10-5-4-6-12-11(10)8-13(12)3/h4-5,9-12H,6-8H2,1-3H3. The summed E-state index contributed by atoms with van der Waals surface area (Å²) < 4.78 is 0. The van der Waals surface area contributed by atoms with E-state index in [1.165, 1.54) is 19.4 Å². The highest BCUT2D eigenvalue weighted by Gasteiger charge is 2.41. The molecule has 0 N–H and O–H groups in total. The van der Waals surface area contributed by atoms with Crippen LogP contribution in [0.1, 0.15) is 26.7 Å². The zero-order valence-electron chi connectivity index (χ0n) is 9.03. The van der Waals surface area contributed by atoms with Crippen molar-refractivity contribution in [2.45, 2.75) is 32.7 Å². The van der Waals surface area contributed by atoms with Crippen LogP contribution in [-0.4, -0.2) is 24.5 Å². The Morgan fingerprint density at radius 2 is 2.23 bits per heavy atom. The van der Waals surface area contributed by atoms with E-state index in [0.717, 1.165) is 23.8 Å². The summed E-state index contributed by atoms with van der Waals surface area (Å²) in [4.78, 5) is 2.50. The molecule has 0 aromatic rings. The lowest BCUT2D eigenvalue weighted by atomic mass is 9.71. The quantitative estimate of drug-likeness (QED) is 0.589. The molecule has 0 spiro atoms. The van der Waals surface area contributed by atoms with Crippen molar-refractivity contribution in [3.05, 3.63) is 12.2 Å². The Hall–Kier alpha value is -0.300. The molecule has 0 amide bonds. The fourth-order valence-corrected chi connectivity index (χ4v) is 2.89. The molecule has 1 fully saturated rings. The van der Waals surface area contributed by atoms with E-state index in [9.17, 15) is 0 Å². The number of allylic oxidation sites excluding steroid dienone is 1. The van der Waals surface area contributed by atoms with Gasteiger partial charge in [-0.1, -0.05) is 26.0 Å². The predicted octanol–water partition coefficient (Wildman–Crippen LogP) is 2.54. The normalized spacial score (nSPS) is 38.9. The molecule has 13 heavy (non-hydrogen) atoms. The summed E-state index contributed by atoms with van der Waals surface area (Å²) in [5.41, 5.74) is 0. The molecule has 0 radical (unpaired) electrons. The van der Waals surface area contributed by atoms with E-state index in [2.05, 4.69) is 37.9 Å². The molecule has 1 aliphatic heterocycles. The lowest BCUT2D eigenvalue weighted by Crippen LogP contribution is -2.57. The van der Waals surface area contributed by atoms with Crippen LogP contribution in [0.2, 0.25) is 0 Å². The summed E-state index contributed by atoms with van der Waals surface area (Å²) in [5, 5.41) is 0. The van der Waals surface area contributed by atoms with Crippen LogP contribution in [0.5, 0.6) is 0 Å². The summed E-state index contributed by atoms with van der Waals surface area (Å²) in [7, 11) is 2.26. The van der Waals surface area contributed by atoms with Gasteiger partial charge in [0.25, 0.3) is 0 Å². The van der Waals surface area contributed by atoms with Crippen molar-refractivity contribution in [3.8, 4) is 0 Å². The first-order valence-electron chi connectivity index (χ1n) is 5.55. The number of fused-ring (bicyclic) bond motifs is 1. The van der Waals surface area contributed by atoms with Crippen molar-refractivity contribution in [2.24, 2.45) is 17.8 Å². The third-order valence-corrected chi connectivity index (χ3v) is 3.61. The van der Waals surface area contributed by atoms with Crippen LogP contribution in [0.3, 0.4) is 0 Å². The molecule has 1 aliphatic carbocycles. The molecule has 0 saturated carbocycles. The van der Waals surface area contributed by atoms with Gasteiger partial charge in [0, 0.05) is 12.6 Å². The SMILES string of the molecule is CC(C)CC1C=CCC2C1CN2C. The van der Waals surface area contributed by atoms with Gasteiger partial charge >= 0.3 is 0 Å². The first-order valence-corrected chi connectivity index (χ1v) is 5.55. The Balaban J connectivity index is 1.97. The Morgan fingerprint density at radius 1 is 1.46 bits per heavy atom. The molecule has 2 aliphatic rings. The maximum Gasteiger partial charge on any atom is 0.0173 e. The van der Waals surface area contributed by atoms with E-state index in [4.69, 9.17) is 0 Å². The monoisotopic (exact) mass is 179 g/mol. The van der Waals surface area contributed by atoms with E-state index in [0.29, 0.717) is 0 Å². The minimum atomic E-state index is 0.847. The first kappa shape index (κ1) is 9.26. The van der Waals surface area contributed by atoms with Crippen molar-refractivity contribution in [2.75, 3.05) is 13.6 Å². The molecular formula is C12H21N. The molecule has 1 heterocycles. The minimum Gasteiger partial charge on any atom is -0.302 e. The first-order chi connectivity index (χ1) is 6.18. The third kappa shape index (κ3) is 1.67. The molecule has 1 saturated heterocycles. The summed E-state index contributed by atoms with van der Waals surface area (Å²) in [6.45, 7) is 5.99. The third-order valence-electron chi connectivity index (χ3n) is 3.61. The van der Waals surface area contributed by atoms with Crippen LogP contribution in [-0.2, 0) is 0 Å². The van der Waals surface area contributed by atoms with Gasteiger partial charge in [-0.3, -0.25) is 0 Å². The zero-order valence-corrected chi connectivity index (χ0v) is 9.03. The number of hydrogen-bond acceptors (Lipinski definition) is 1. The van der Waals surface area contributed by atoms with Gasteiger partial charge in [-0.05, 0) is 37.6 Å². The molecule has 0 aromatic heterocycles. The van der Waals surface area contributed by atoms with E-state index in [-0.39, 0.29) is 0 Å². The number of nitrogens with zero attached hydrogens (tertiary/aromatic N) is 1. The van der Waals surface area contributed by atoms with Crippen molar-refractivity contribution >= 4 is 0 Å². The molecular weight excluding hydrogens is 158 g/mol. The number of rotatable bonds is 2. The van der Waals surface area contributed by atoms with Crippen molar-refractivity contribution in [1.82, 2.24) is 4.90 Å². The highest BCUT2D eigenvalue weighted by Crippen LogP contribution is 2.39. The van der Waals surface area contributed by atoms with Crippen LogP contribution in [0.4, 0.5) is 0 Å². The molecule has 74 valence electrons. The van der Waals surface area contributed by atoms with Gasteiger partial charge in [0.05, 0.1) is 0 Å². The van der Waals surface area contributed by atoms with Crippen LogP contribution in [0.25, 0.3) is 0 Å². The average molecular weight is 179 g/mol. The molecule has 1 nitrogen and oxygen atoms in total. The minimum absolute atomic E-state index is 0.847. The lowest BCUT2D eigenvalue weighted by molar-refractivity contribution is 0.00516. The second-order valence-corrected chi connectivity index (χ2v) is 5.13. The summed E-state index contributed by atoms with van der Waals surface area (Å²) >= 11 is 0. The van der Waals surface area contributed by atoms with E-state index in [1.807, 2.05) is 0 Å². The van der Waals surface area contributed by atoms with Crippen LogP contribution in [0, 0.1) is 17.8 Å². The smallest absolute Gasteiger partial charge is 0.0173 e. The van der Waals surface area contributed by atoms with E-state index < -0.39 is 0 Å². The zero-order chi connectivity index (χ0) is 9.42. The molecule has 2 rings (SSSR count). The maximum absolute atomic E-state index is 2.50. The Bertz CT molecular complexity index is 207. The maximum atomic E-state index is 2.50. The molecule has 3 atom stereocenters. The molecule has 0 bridgehead atoms. The van der Waals surface area contributed by atoms with Gasteiger partial charge < -0.3 is 4.90 Å². The van der Waals surface area contributed by atoms with Gasteiger partial charge in [0.2, 0.25) is 0 Å². The highest BCUT2D eigenvalue weighted by molar-refractivity contribution is 5.08. The van der Waals surface area contributed by atoms with Crippen LogP contribution < -0.4 is 0 Å². The fourth-order valence-electron chi connectivity index (χ4n) is 2.89. The molecule has 3 unspecified atom stereocenters. The summed E-state index contributed by atoms with van der Waals surface area (Å²) in [5.74, 6) is 2.69. The summed E-state index contributed by atoms with van der Waals surface area (Å²) in [6.07, 6.45) is 7.53. The number of hydrogen-bond donors (Lipinski definition) is 0. The Morgan fingerprint density at radius 3 is 2.85 bits per heavy atom. The van der Waals surface area contributed by atoms with Gasteiger partial charge in [-0.2, -0.15) is 0 Å². The highest BCUT2D eigenvalue weighted by atomic mass is 15.2. The van der Waals surface area contributed by atoms with Crippen LogP contribution >= 0.6 is 0 Å². The molecule has 0 aromatic carbocycles. The van der Waals surface area contributed by atoms with Gasteiger partial charge in [0.15, 0.2) is 0 Å². The largest absolute Gasteiger partial charge is 0.302 e. The fraction of sp³-hybridized carbons (Fsp3) is 0.833. The topological polar surface area (TPSA) is 3.24 Å². The number of likely N-dealkylation sites (tertiary alicyclic amines) is 1. The van der Waals surface area contributed by atoms with E-state index in [1.54, 1.807) is 0 Å². The van der Waals surface area contributed by atoms with Gasteiger partial charge in [-0.15, -0.1) is 0 Å². The predicted molar refractivity (Wildman–Crippen MR) is 56.6 cm³/mol. The Kier molecular flexibility index (Phi) is 2.46. The van der Waals surface area contributed by atoms with Crippen molar-refractivity contribution in [1.29, 1.82) is 0 Å². The lowest BCUT2D eigenvalue weighted by Gasteiger charge is -2.51. The van der Waals surface area contributed by atoms with E-state index >= 15 is 0 Å². The van der Waals surface area contributed by atoms with Gasteiger partial charge in [-0.25, -0.2) is 0 Å². The second kappa shape index (κ2) is 3.45. The average Bonchev–Trinajstić information content (AvgIpc) is 2.05. The summed E-state index contributed by atoms with van der Waals surface area (Å²) in [6, 6.07) is 0.869. The second-order valence-electron chi connectivity index (χ2n) is 5.13.